The summed E-state index contributed by atoms with van der Waals surface area (Å²) in [5.74, 6) is 0.426. The summed E-state index contributed by atoms with van der Waals surface area (Å²) in [5.41, 5.74) is 0. The predicted molar refractivity (Wildman–Crippen MR) is 64.8 cm³/mol. The van der Waals surface area contributed by atoms with Gasteiger partial charge >= 0.3 is 5.97 Å². The van der Waals surface area contributed by atoms with Gasteiger partial charge in [0.2, 0.25) is 0 Å². The van der Waals surface area contributed by atoms with E-state index in [-0.39, 0.29) is 18.1 Å². The lowest BCUT2D eigenvalue weighted by Gasteiger charge is -2.24. The van der Waals surface area contributed by atoms with E-state index in [0.29, 0.717) is 12.5 Å². The summed E-state index contributed by atoms with van der Waals surface area (Å²) in [6.07, 6.45) is 0.745. The number of hydrogen-bond acceptors (Lipinski definition) is 4. The van der Waals surface area contributed by atoms with Gasteiger partial charge in [0.15, 0.2) is 0 Å². The summed E-state index contributed by atoms with van der Waals surface area (Å²) in [6, 6.07) is 0.0472. The van der Waals surface area contributed by atoms with Gasteiger partial charge in [-0.3, -0.25) is 14.7 Å². The molecule has 1 aliphatic rings. The van der Waals surface area contributed by atoms with Gasteiger partial charge in [-0.15, -0.1) is 0 Å². The highest BCUT2D eigenvalue weighted by Gasteiger charge is 2.37. The van der Waals surface area contributed by atoms with Crippen molar-refractivity contribution in [3.05, 3.63) is 0 Å². The minimum atomic E-state index is -0.127. The molecular weight excluding hydrogens is 204 g/mol. The maximum atomic E-state index is 11.8. The molecule has 4 nitrogen and oxygen atoms in total. The second-order valence-corrected chi connectivity index (χ2v) is 4.69. The Morgan fingerprint density at radius 2 is 2.31 bits per heavy atom. The van der Waals surface area contributed by atoms with E-state index < -0.39 is 0 Å². The normalized spacial score (nSPS) is 26.0. The minimum Gasteiger partial charge on any atom is -0.465 e. The zero-order valence-electron chi connectivity index (χ0n) is 10.5. The number of likely N-dealkylation sites (tertiary alicyclic amines) is 1. The second kappa shape index (κ2) is 5.99. The zero-order valence-corrected chi connectivity index (χ0v) is 10.5. The molecule has 0 aromatic heterocycles. The van der Waals surface area contributed by atoms with E-state index in [4.69, 9.17) is 4.74 Å². The lowest BCUT2D eigenvalue weighted by atomic mass is 10.1. The molecule has 92 valence electrons. The molecule has 1 fully saturated rings. The Morgan fingerprint density at radius 1 is 1.62 bits per heavy atom. The van der Waals surface area contributed by atoms with Crippen molar-refractivity contribution in [2.24, 2.45) is 10.9 Å². The summed E-state index contributed by atoms with van der Waals surface area (Å²) in [5, 5.41) is 0. The number of carbonyl (C=O) groups excluding carboxylic acids is 1. The molecule has 4 heteroatoms. The number of carbonyl (C=O) groups is 1. The summed E-state index contributed by atoms with van der Waals surface area (Å²) in [6.45, 7) is 11.9. The monoisotopic (exact) mass is 226 g/mol. The lowest BCUT2D eigenvalue weighted by molar-refractivity contribution is -0.148. The van der Waals surface area contributed by atoms with Crippen molar-refractivity contribution in [3.8, 4) is 0 Å². The van der Waals surface area contributed by atoms with E-state index in [9.17, 15) is 4.79 Å². The van der Waals surface area contributed by atoms with Crippen LogP contribution in [-0.4, -0.2) is 49.4 Å². The molecule has 0 N–H and O–H groups in total. The van der Waals surface area contributed by atoms with Gasteiger partial charge in [0.05, 0.1) is 12.6 Å². The van der Waals surface area contributed by atoms with E-state index in [2.05, 4.69) is 30.5 Å². The third-order valence-electron chi connectivity index (χ3n) is 2.80. The standard InChI is InChI=1S/C12H22N2O2/c1-5-16-12(15)11-6-10(13-4)8-14(11)7-9(2)3/h9-11H,4-8H2,1-3H3/t10-,11-/m0/s1. The first-order chi connectivity index (χ1) is 7.58. The summed E-state index contributed by atoms with van der Waals surface area (Å²) in [4.78, 5) is 18.0. The fourth-order valence-corrected chi connectivity index (χ4v) is 2.17. The maximum absolute atomic E-state index is 11.8. The van der Waals surface area contributed by atoms with Crippen LogP contribution >= 0.6 is 0 Å². The third-order valence-corrected chi connectivity index (χ3v) is 2.80. The Hall–Kier alpha value is -0.900. The SMILES string of the molecule is C=N[C@H]1C[C@@H](C(=O)OCC)N(CC(C)C)C1. The molecule has 0 amide bonds. The molecule has 0 spiro atoms. The number of ether oxygens (including phenoxy) is 1. The van der Waals surface area contributed by atoms with Gasteiger partial charge in [0, 0.05) is 13.1 Å². The van der Waals surface area contributed by atoms with Crippen LogP contribution in [0.5, 0.6) is 0 Å². The van der Waals surface area contributed by atoms with E-state index in [0.717, 1.165) is 19.5 Å². The first kappa shape index (κ1) is 13.2. The minimum absolute atomic E-state index is 0.116. The van der Waals surface area contributed by atoms with Gasteiger partial charge in [-0.05, 0) is 26.0 Å². The second-order valence-electron chi connectivity index (χ2n) is 4.69. The smallest absolute Gasteiger partial charge is 0.323 e. The Kier molecular flexibility index (Phi) is 4.93. The molecule has 1 saturated heterocycles. The van der Waals surface area contributed by atoms with Crippen LogP contribution in [0.25, 0.3) is 0 Å². The highest BCUT2D eigenvalue weighted by Crippen LogP contribution is 2.22. The Bertz CT molecular complexity index is 253. The molecule has 0 radical (unpaired) electrons. The van der Waals surface area contributed by atoms with Gasteiger partial charge in [-0.25, -0.2) is 0 Å². The van der Waals surface area contributed by atoms with Crippen molar-refractivity contribution >= 4 is 12.7 Å². The van der Waals surface area contributed by atoms with Gasteiger partial charge in [0.25, 0.3) is 0 Å². The molecular formula is C12H22N2O2. The van der Waals surface area contributed by atoms with Crippen LogP contribution in [0.1, 0.15) is 27.2 Å². The Balaban J connectivity index is 2.63. The predicted octanol–water partition coefficient (Wildman–Crippen LogP) is 1.35. The van der Waals surface area contributed by atoms with Crippen molar-refractivity contribution in [1.29, 1.82) is 0 Å². The molecule has 16 heavy (non-hydrogen) atoms. The number of aliphatic imine (C=N–C) groups is 1. The number of esters is 1. The first-order valence-corrected chi connectivity index (χ1v) is 5.95. The Morgan fingerprint density at radius 3 is 2.81 bits per heavy atom. The van der Waals surface area contributed by atoms with Gasteiger partial charge in [0.1, 0.15) is 6.04 Å². The van der Waals surface area contributed by atoms with Gasteiger partial charge in [-0.1, -0.05) is 13.8 Å². The molecule has 0 aromatic carbocycles. The molecule has 0 saturated carbocycles. The fourth-order valence-electron chi connectivity index (χ4n) is 2.17. The number of hydrogen-bond donors (Lipinski definition) is 0. The van der Waals surface area contributed by atoms with Crippen LogP contribution in [0.3, 0.4) is 0 Å². The molecule has 1 heterocycles. The van der Waals surface area contributed by atoms with Crippen LogP contribution < -0.4 is 0 Å². The van der Waals surface area contributed by atoms with E-state index >= 15 is 0 Å². The first-order valence-electron chi connectivity index (χ1n) is 5.95. The average molecular weight is 226 g/mol. The zero-order chi connectivity index (χ0) is 12.1. The van der Waals surface area contributed by atoms with Crippen molar-refractivity contribution in [2.45, 2.75) is 39.3 Å². The van der Waals surface area contributed by atoms with Crippen molar-refractivity contribution in [3.63, 3.8) is 0 Å². The topological polar surface area (TPSA) is 41.9 Å². The summed E-state index contributed by atoms with van der Waals surface area (Å²) >= 11 is 0. The van der Waals surface area contributed by atoms with Crippen LogP contribution in [0, 0.1) is 5.92 Å². The summed E-state index contributed by atoms with van der Waals surface area (Å²) in [7, 11) is 0. The van der Waals surface area contributed by atoms with Crippen LogP contribution in [0.2, 0.25) is 0 Å². The number of rotatable bonds is 5. The van der Waals surface area contributed by atoms with E-state index in [1.165, 1.54) is 0 Å². The Labute approximate surface area is 97.7 Å². The van der Waals surface area contributed by atoms with E-state index in [1.54, 1.807) is 0 Å². The van der Waals surface area contributed by atoms with Gasteiger partial charge < -0.3 is 4.74 Å². The molecule has 0 bridgehead atoms. The third kappa shape index (κ3) is 3.30. The van der Waals surface area contributed by atoms with Crippen LogP contribution in [0.4, 0.5) is 0 Å². The number of nitrogens with zero attached hydrogens (tertiary/aromatic N) is 2. The molecule has 1 aliphatic heterocycles. The molecule has 1 rings (SSSR count). The average Bonchev–Trinajstić information content (AvgIpc) is 2.60. The molecule has 2 atom stereocenters. The molecule has 0 aromatic rings. The quantitative estimate of drug-likeness (QED) is 0.525. The fraction of sp³-hybridized carbons (Fsp3) is 0.833. The molecule has 0 aliphatic carbocycles. The lowest BCUT2D eigenvalue weighted by Crippen LogP contribution is -2.39. The maximum Gasteiger partial charge on any atom is 0.323 e. The van der Waals surface area contributed by atoms with Crippen LogP contribution in [0.15, 0.2) is 4.99 Å². The molecule has 0 unspecified atom stereocenters. The van der Waals surface area contributed by atoms with Crippen molar-refractivity contribution in [1.82, 2.24) is 4.90 Å². The van der Waals surface area contributed by atoms with Gasteiger partial charge in [-0.2, -0.15) is 0 Å². The highest BCUT2D eigenvalue weighted by molar-refractivity contribution is 5.76. The van der Waals surface area contributed by atoms with Crippen molar-refractivity contribution in [2.75, 3.05) is 19.7 Å². The largest absolute Gasteiger partial charge is 0.465 e. The summed E-state index contributed by atoms with van der Waals surface area (Å²) < 4.78 is 5.09. The van der Waals surface area contributed by atoms with Crippen molar-refractivity contribution < 1.29 is 9.53 Å². The highest BCUT2D eigenvalue weighted by atomic mass is 16.5. The van der Waals surface area contributed by atoms with Crippen LogP contribution in [-0.2, 0) is 9.53 Å². The van der Waals surface area contributed by atoms with E-state index in [1.807, 2.05) is 6.92 Å².